The number of anilines is 1. The van der Waals surface area contributed by atoms with Crippen LogP contribution in [0.4, 0.5) is 5.69 Å². The summed E-state index contributed by atoms with van der Waals surface area (Å²) in [5, 5.41) is 20.3. The van der Waals surface area contributed by atoms with E-state index in [1.807, 2.05) is 12.1 Å². The fourth-order valence-electron chi connectivity index (χ4n) is 1.33. The predicted octanol–water partition coefficient (Wildman–Crippen LogP) is 2.23. The van der Waals surface area contributed by atoms with Gasteiger partial charge >= 0.3 is 5.97 Å². The van der Waals surface area contributed by atoms with Crippen molar-refractivity contribution in [2.75, 3.05) is 11.9 Å². The zero-order valence-electron chi connectivity index (χ0n) is 8.94. The number of benzene rings is 1. The van der Waals surface area contributed by atoms with Crippen LogP contribution in [-0.2, 0) is 4.79 Å². The maximum atomic E-state index is 10.3. The first-order valence-corrected chi connectivity index (χ1v) is 5.18. The molecular formula is C12H14N2O2. The monoisotopic (exact) mass is 218 g/mol. The number of nitrogens with one attached hydrogen (secondary N) is 1. The van der Waals surface area contributed by atoms with Crippen LogP contribution in [-0.4, -0.2) is 17.6 Å². The van der Waals surface area contributed by atoms with Crippen LogP contribution in [0, 0.1) is 11.3 Å². The Labute approximate surface area is 94.5 Å². The van der Waals surface area contributed by atoms with Crippen LogP contribution in [0.25, 0.3) is 0 Å². The number of hydrogen-bond acceptors (Lipinski definition) is 3. The molecule has 0 heterocycles. The molecule has 0 aliphatic rings. The molecule has 4 heteroatoms. The van der Waals surface area contributed by atoms with E-state index in [0.717, 1.165) is 18.7 Å². The van der Waals surface area contributed by atoms with Gasteiger partial charge in [0.2, 0.25) is 0 Å². The molecule has 0 fully saturated rings. The van der Waals surface area contributed by atoms with Crippen molar-refractivity contribution in [3.8, 4) is 6.07 Å². The van der Waals surface area contributed by atoms with Crippen molar-refractivity contribution in [2.45, 2.75) is 19.3 Å². The second-order valence-electron chi connectivity index (χ2n) is 3.47. The van der Waals surface area contributed by atoms with Crippen LogP contribution in [0.5, 0.6) is 0 Å². The molecule has 0 atom stereocenters. The Morgan fingerprint density at radius 3 is 2.94 bits per heavy atom. The molecule has 0 unspecified atom stereocenters. The molecule has 0 bridgehead atoms. The van der Waals surface area contributed by atoms with Crippen molar-refractivity contribution in [2.24, 2.45) is 0 Å². The van der Waals surface area contributed by atoms with E-state index in [2.05, 4.69) is 11.4 Å². The maximum Gasteiger partial charge on any atom is 0.303 e. The maximum absolute atomic E-state index is 10.3. The lowest BCUT2D eigenvalue weighted by Crippen LogP contribution is -2.03. The summed E-state index contributed by atoms with van der Waals surface area (Å²) in [6.45, 7) is 0.724. The van der Waals surface area contributed by atoms with Gasteiger partial charge in [0.1, 0.15) is 0 Å². The number of nitrogens with zero attached hydrogens (tertiary/aromatic N) is 1. The van der Waals surface area contributed by atoms with Crippen LogP contribution in [0.1, 0.15) is 24.8 Å². The van der Waals surface area contributed by atoms with Crippen LogP contribution < -0.4 is 5.32 Å². The van der Waals surface area contributed by atoms with Gasteiger partial charge in [0, 0.05) is 18.7 Å². The molecule has 16 heavy (non-hydrogen) atoms. The number of carboxylic acid groups (broad SMARTS) is 1. The summed E-state index contributed by atoms with van der Waals surface area (Å²) in [4.78, 5) is 10.3. The van der Waals surface area contributed by atoms with Crippen LogP contribution in [0.3, 0.4) is 0 Å². The van der Waals surface area contributed by atoms with E-state index in [4.69, 9.17) is 10.4 Å². The van der Waals surface area contributed by atoms with Crippen molar-refractivity contribution in [3.63, 3.8) is 0 Å². The number of rotatable bonds is 6. The molecule has 84 valence electrons. The molecule has 0 radical (unpaired) electrons. The molecule has 0 saturated heterocycles. The first-order valence-electron chi connectivity index (χ1n) is 5.18. The highest BCUT2D eigenvalue weighted by molar-refractivity contribution is 5.66. The SMILES string of the molecule is N#Cc1cccc(NCCCCC(=O)O)c1. The summed E-state index contributed by atoms with van der Waals surface area (Å²) < 4.78 is 0. The molecule has 1 rings (SSSR count). The average molecular weight is 218 g/mol. The predicted molar refractivity (Wildman–Crippen MR) is 61.1 cm³/mol. The summed E-state index contributed by atoms with van der Waals surface area (Å²) in [5.41, 5.74) is 1.52. The summed E-state index contributed by atoms with van der Waals surface area (Å²) in [5.74, 6) is -0.758. The Morgan fingerprint density at radius 2 is 2.25 bits per heavy atom. The Kier molecular flexibility index (Phi) is 4.87. The van der Waals surface area contributed by atoms with Gasteiger partial charge in [-0.1, -0.05) is 6.07 Å². The van der Waals surface area contributed by atoms with Gasteiger partial charge in [0.15, 0.2) is 0 Å². The topological polar surface area (TPSA) is 73.1 Å². The highest BCUT2D eigenvalue weighted by Crippen LogP contribution is 2.09. The number of aliphatic carboxylic acids is 1. The van der Waals surface area contributed by atoms with Crippen LogP contribution in [0.15, 0.2) is 24.3 Å². The molecular weight excluding hydrogens is 204 g/mol. The summed E-state index contributed by atoms with van der Waals surface area (Å²) >= 11 is 0. The standard InChI is InChI=1S/C12H14N2O2/c13-9-10-4-3-5-11(8-10)14-7-2-1-6-12(15)16/h3-5,8,14H,1-2,6-7H2,(H,15,16). The lowest BCUT2D eigenvalue weighted by molar-refractivity contribution is -0.137. The highest BCUT2D eigenvalue weighted by Gasteiger charge is 1.97. The molecule has 0 aliphatic carbocycles. The number of carboxylic acids is 1. The van der Waals surface area contributed by atoms with Gasteiger partial charge in [-0.15, -0.1) is 0 Å². The summed E-state index contributed by atoms with van der Waals surface area (Å²) in [6, 6.07) is 9.29. The van der Waals surface area contributed by atoms with Crippen molar-refractivity contribution in [1.29, 1.82) is 5.26 Å². The first-order chi connectivity index (χ1) is 7.72. The summed E-state index contributed by atoms with van der Waals surface area (Å²) in [7, 11) is 0. The van der Waals surface area contributed by atoms with Crippen molar-refractivity contribution >= 4 is 11.7 Å². The smallest absolute Gasteiger partial charge is 0.303 e. The number of unbranched alkanes of at least 4 members (excludes halogenated alkanes) is 1. The normalized spacial score (nSPS) is 9.44. The minimum atomic E-state index is -0.758. The van der Waals surface area contributed by atoms with Gasteiger partial charge in [-0.2, -0.15) is 5.26 Å². The second kappa shape index (κ2) is 6.46. The second-order valence-corrected chi connectivity index (χ2v) is 3.47. The molecule has 0 aromatic heterocycles. The Balaban J connectivity index is 2.27. The zero-order valence-corrected chi connectivity index (χ0v) is 8.94. The van der Waals surface area contributed by atoms with E-state index in [-0.39, 0.29) is 6.42 Å². The Hall–Kier alpha value is -2.02. The highest BCUT2D eigenvalue weighted by atomic mass is 16.4. The molecule has 1 aromatic rings. The minimum absolute atomic E-state index is 0.208. The molecule has 0 saturated carbocycles. The fourth-order valence-corrected chi connectivity index (χ4v) is 1.33. The number of hydrogen-bond donors (Lipinski definition) is 2. The molecule has 2 N–H and O–H groups in total. The van der Waals surface area contributed by atoms with E-state index in [1.54, 1.807) is 12.1 Å². The van der Waals surface area contributed by atoms with E-state index >= 15 is 0 Å². The third kappa shape index (κ3) is 4.47. The van der Waals surface area contributed by atoms with E-state index in [0.29, 0.717) is 12.0 Å². The lowest BCUT2D eigenvalue weighted by Gasteiger charge is -2.05. The van der Waals surface area contributed by atoms with Gasteiger partial charge < -0.3 is 10.4 Å². The number of carbonyl (C=O) groups is 1. The van der Waals surface area contributed by atoms with Gasteiger partial charge in [-0.05, 0) is 31.0 Å². The van der Waals surface area contributed by atoms with E-state index in [1.165, 1.54) is 0 Å². The van der Waals surface area contributed by atoms with Gasteiger partial charge in [-0.25, -0.2) is 0 Å². The zero-order chi connectivity index (χ0) is 11.8. The minimum Gasteiger partial charge on any atom is -0.481 e. The van der Waals surface area contributed by atoms with Crippen LogP contribution >= 0.6 is 0 Å². The largest absolute Gasteiger partial charge is 0.481 e. The molecule has 0 aliphatic heterocycles. The van der Waals surface area contributed by atoms with Gasteiger partial charge in [0.05, 0.1) is 11.6 Å². The van der Waals surface area contributed by atoms with Crippen molar-refractivity contribution < 1.29 is 9.90 Å². The quantitative estimate of drug-likeness (QED) is 0.718. The fraction of sp³-hybridized carbons (Fsp3) is 0.333. The first kappa shape index (κ1) is 12.1. The molecule has 1 aromatic carbocycles. The molecule has 0 amide bonds. The number of nitriles is 1. The average Bonchev–Trinajstić information content (AvgIpc) is 2.28. The van der Waals surface area contributed by atoms with Gasteiger partial charge in [0.25, 0.3) is 0 Å². The Bertz CT molecular complexity index is 396. The van der Waals surface area contributed by atoms with Crippen molar-refractivity contribution in [1.82, 2.24) is 0 Å². The Morgan fingerprint density at radius 1 is 1.44 bits per heavy atom. The van der Waals surface area contributed by atoms with E-state index in [9.17, 15) is 4.79 Å². The van der Waals surface area contributed by atoms with Crippen LogP contribution in [0.2, 0.25) is 0 Å². The lowest BCUT2D eigenvalue weighted by atomic mass is 10.2. The van der Waals surface area contributed by atoms with E-state index < -0.39 is 5.97 Å². The third-order valence-electron chi connectivity index (χ3n) is 2.14. The molecule has 0 spiro atoms. The summed E-state index contributed by atoms with van der Waals surface area (Å²) in [6.07, 6.45) is 1.68. The molecule has 4 nitrogen and oxygen atoms in total. The van der Waals surface area contributed by atoms with Gasteiger partial charge in [-0.3, -0.25) is 4.79 Å². The van der Waals surface area contributed by atoms with Crippen molar-refractivity contribution in [3.05, 3.63) is 29.8 Å². The third-order valence-corrected chi connectivity index (χ3v) is 2.14.